The number of ether oxygens (including phenoxy) is 1. The normalized spacial score (nSPS) is 13.0. The molecule has 32 heavy (non-hydrogen) atoms. The van der Waals surface area contributed by atoms with Crippen LogP contribution < -0.4 is 4.90 Å². The Bertz CT molecular complexity index is 1170. The van der Waals surface area contributed by atoms with Gasteiger partial charge in [-0.15, -0.1) is 11.3 Å². The number of aryl methyl sites for hydroxylation is 2. The number of carbonyl (C=O) groups is 2. The van der Waals surface area contributed by atoms with Gasteiger partial charge in [0.15, 0.2) is 5.13 Å². The second-order valence-corrected chi connectivity index (χ2v) is 8.27. The molecular formula is C23H19F3N2O3S. The van der Waals surface area contributed by atoms with Gasteiger partial charge in [-0.05, 0) is 60.7 Å². The molecule has 1 heterocycles. The number of thiazole rings is 1. The monoisotopic (exact) mass is 460 g/mol. The number of hydrogen-bond donors (Lipinski definition) is 0. The third-order valence-corrected chi connectivity index (χ3v) is 6.04. The molecule has 1 aliphatic rings. The standard InChI is InChI=1S/C23H19F3N2O3S/c1-14(29)28(20-7-3-6-18(11-20)23(24,25)26)22-27-19(13-32-22)12-31-21(30)17-9-8-15-4-2-5-16(15)10-17/h3,6-11,13H,2,4-5,12H2,1H3. The Hall–Kier alpha value is -3.20. The highest BCUT2D eigenvalue weighted by molar-refractivity contribution is 7.14. The smallest absolute Gasteiger partial charge is 0.416 e. The molecule has 0 unspecified atom stereocenters. The number of aromatic nitrogens is 1. The first-order valence-electron chi connectivity index (χ1n) is 9.93. The summed E-state index contributed by atoms with van der Waals surface area (Å²) in [6.45, 7) is 1.13. The summed E-state index contributed by atoms with van der Waals surface area (Å²) in [4.78, 5) is 30.0. The van der Waals surface area contributed by atoms with Crippen molar-refractivity contribution in [2.75, 3.05) is 4.90 Å². The molecule has 9 heteroatoms. The third-order valence-electron chi connectivity index (χ3n) is 5.16. The van der Waals surface area contributed by atoms with E-state index in [2.05, 4.69) is 4.98 Å². The van der Waals surface area contributed by atoms with Crippen LogP contribution in [0.2, 0.25) is 0 Å². The van der Waals surface area contributed by atoms with Crippen LogP contribution in [0.25, 0.3) is 0 Å². The minimum Gasteiger partial charge on any atom is -0.456 e. The topological polar surface area (TPSA) is 59.5 Å². The van der Waals surface area contributed by atoms with Crippen LogP contribution in [0, 0.1) is 0 Å². The molecule has 5 nitrogen and oxygen atoms in total. The average Bonchev–Trinajstić information content (AvgIpc) is 3.40. The van der Waals surface area contributed by atoms with Crippen molar-refractivity contribution in [1.82, 2.24) is 4.98 Å². The zero-order valence-corrected chi connectivity index (χ0v) is 17.9. The quantitative estimate of drug-likeness (QED) is 0.459. The summed E-state index contributed by atoms with van der Waals surface area (Å²) in [5.74, 6) is -0.962. The maximum Gasteiger partial charge on any atom is 0.416 e. The lowest BCUT2D eigenvalue weighted by atomic mass is 10.1. The highest BCUT2D eigenvalue weighted by Gasteiger charge is 2.31. The molecule has 2 aromatic carbocycles. The van der Waals surface area contributed by atoms with Crippen LogP contribution >= 0.6 is 11.3 Å². The molecule has 1 aromatic heterocycles. The molecule has 0 spiro atoms. The molecule has 0 saturated carbocycles. The van der Waals surface area contributed by atoms with Gasteiger partial charge >= 0.3 is 12.1 Å². The maximum atomic E-state index is 13.1. The Balaban J connectivity index is 1.48. The van der Waals surface area contributed by atoms with Gasteiger partial charge in [-0.1, -0.05) is 12.1 Å². The number of amides is 1. The van der Waals surface area contributed by atoms with E-state index < -0.39 is 23.6 Å². The van der Waals surface area contributed by atoms with E-state index in [1.54, 1.807) is 11.4 Å². The summed E-state index contributed by atoms with van der Waals surface area (Å²) in [5.41, 5.74) is 2.48. The molecule has 0 saturated heterocycles. The molecule has 1 amide bonds. The summed E-state index contributed by atoms with van der Waals surface area (Å²) in [6, 6.07) is 10.0. The summed E-state index contributed by atoms with van der Waals surface area (Å²) in [6.07, 6.45) is -1.49. The van der Waals surface area contributed by atoms with Gasteiger partial charge < -0.3 is 4.74 Å². The van der Waals surface area contributed by atoms with Crippen LogP contribution in [0.5, 0.6) is 0 Å². The zero-order chi connectivity index (χ0) is 22.9. The van der Waals surface area contributed by atoms with Gasteiger partial charge in [0.2, 0.25) is 5.91 Å². The van der Waals surface area contributed by atoms with Gasteiger partial charge in [0.1, 0.15) is 6.61 Å². The van der Waals surface area contributed by atoms with Crippen molar-refractivity contribution >= 4 is 34.0 Å². The number of halogens is 3. The molecule has 0 bridgehead atoms. The van der Waals surface area contributed by atoms with Crippen molar-refractivity contribution in [3.63, 3.8) is 0 Å². The molecule has 0 fully saturated rings. The predicted octanol–water partition coefficient (Wildman–Crippen LogP) is 5.69. The van der Waals surface area contributed by atoms with E-state index in [0.29, 0.717) is 11.3 Å². The van der Waals surface area contributed by atoms with Gasteiger partial charge in [0.05, 0.1) is 22.5 Å². The van der Waals surface area contributed by atoms with E-state index in [-0.39, 0.29) is 17.4 Å². The van der Waals surface area contributed by atoms with Crippen molar-refractivity contribution < 1.29 is 27.5 Å². The lowest BCUT2D eigenvalue weighted by Crippen LogP contribution is -2.23. The SMILES string of the molecule is CC(=O)N(c1cccc(C(F)(F)F)c1)c1nc(COC(=O)c2ccc3c(c2)CCC3)cs1. The lowest BCUT2D eigenvalue weighted by molar-refractivity contribution is -0.137. The first-order valence-corrected chi connectivity index (χ1v) is 10.8. The number of rotatable bonds is 5. The van der Waals surface area contributed by atoms with Crippen LogP contribution in [0.15, 0.2) is 47.8 Å². The fourth-order valence-electron chi connectivity index (χ4n) is 3.64. The molecular weight excluding hydrogens is 441 g/mol. The molecule has 1 aliphatic carbocycles. The third kappa shape index (κ3) is 4.67. The van der Waals surface area contributed by atoms with Crippen LogP contribution in [0.4, 0.5) is 24.0 Å². The fourth-order valence-corrected chi connectivity index (χ4v) is 4.51. The number of nitrogens with zero attached hydrogens (tertiary/aromatic N) is 2. The van der Waals surface area contributed by atoms with Crippen LogP contribution in [-0.2, 0) is 35.2 Å². The van der Waals surface area contributed by atoms with Gasteiger partial charge in [0.25, 0.3) is 0 Å². The number of alkyl halides is 3. The number of anilines is 2. The molecule has 4 rings (SSSR count). The van der Waals surface area contributed by atoms with E-state index in [1.165, 1.54) is 24.6 Å². The summed E-state index contributed by atoms with van der Waals surface area (Å²) in [5, 5.41) is 1.80. The number of esters is 1. The van der Waals surface area contributed by atoms with Crippen molar-refractivity contribution in [2.45, 2.75) is 39.0 Å². The number of hydrogen-bond acceptors (Lipinski definition) is 5. The van der Waals surface area contributed by atoms with Crippen LogP contribution in [0.1, 0.15) is 46.1 Å². The molecule has 166 valence electrons. The maximum absolute atomic E-state index is 13.1. The second kappa shape index (κ2) is 8.74. The van der Waals surface area contributed by atoms with Crippen molar-refractivity contribution in [1.29, 1.82) is 0 Å². The summed E-state index contributed by atoms with van der Waals surface area (Å²) in [7, 11) is 0. The van der Waals surface area contributed by atoms with Crippen LogP contribution in [0.3, 0.4) is 0 Å². The van der Waals surface area contributed by atoms with Crippen LogP contribution in [-0.4, -0.2) is 16.9 Å². The van der Waals surface area contributed by atoms with Gasteiger partial charge in [-0.25, -0.2) is 9.78 Å². The first kappa shape index (κ1) is 22.0. The van der Waals surface area contributed by atoms with Gasteiger partial charge in [-0.3, -0.25) is 9.69 Å². The number of benzene rings is 2. The predicted molar refractivity (Wildman–Crippen MR) is 114 cm³/mol. The molecule has 0 radical (unpaired) electrons. The lowest BCUT2D eigenvalue weighted by Gasteiger charge is -2.19. The van der Waals surface area contributed by atoms with E-state index in [1.807, 2.05) is 12.1 Å². The van der Waals surface area contributed by atoms with Crippen molar-refractivity contribution in [3.8, 4) is 0 Å². The van der Waals surface area contributed by atoms with E-state index in [4.69, 9.17) is 4.74 Å². The fraction of sp³-hybridized carbons (Fsp3) is 0.261. The highest BCUT2D eigenvalue weighted by atomic mass is 32.1. The Labute approximate surface area is 186 Å². The largest absolute Gasteiger partial charge is 0.456 e. The van der Waals surface area contributed by atoms with Crippen molar-refractivity contribution in [2.24, 2.45) is 0 Å². The average molecular weight is 460 g/mol. The molecule has 0 atom stereocenters. The van der Waals surface area contributed by atoms with Crippen molar-refractivity contribution in [3.05, 3.63) is 75.8 Å². The van der Waals surface area contributed by atoms with E-state index >= 15 is 0 Å². The number of carbonyl (C=O) groups excluding carboxylic acids is 2. The first-order chi connectivity index (χ1) is 15.2. The van der Waals surface area contributed by atoms with E-state index in [0.717, 1.165) is 53.2 Å². The minimum atomic E-state index is -4.53. The van der Waals surface area contributed by atoms with Gasteiger partial charge in [-0.2, -0.15) is 13.2 Å². The summed E-state index contributed by atoms with van der Waals surface area (Å²) < 4.78 is 44.5. The molecule has 0 aliphatic heterocycles. The zero-order valence-electron chi connectivity index (χ0n) is 17.1. The van der Waals surface area contributed by atoms with E-state index in [9.17, 15) is 22.8 Å². The summed E-state index contributed by atoms with van der Waals surface area (Å²) >= 11 is 1.08. The highest BCUT2D eigenvalue weighted by Crippen LogP contribution is 2.35. The Morgan fingerprint density at radius 1 is 1.12 bits per heavy atom. The number of fused-ring (bicyclic) bond motifs is 1. The Morgan fingerprint density at radius 2 is 1.91 bits per heavy atom. The minimum absolute atomic E-state index is 0.0587. The second-order valence-electron chi connectivity index (χ2n) is 7.44. The Kier molecular flexibility index (Phi) is 6.01. The molecule has 0 N–H and O–H groups in total. The molecule has 3 aromatic rings. The Morgan fingerprint density at radius 3 is 2.66 bits per heavy atom. The van der Waals surface area contributed by atoms with Gasteiger partial charge in [0, 0.05) is 12.3 Å².